The Morgan fingerprint density at radius 1 is 0.912 bits per heavy atom. The molecule has 3 aromatic carbocycles. The number of amides is 1. The third-order valence-corrected chi connectivity index (χ3v) is 8.05. The molecule has 1 aliphatic heterocycles. The first kappa shape index (κ1) is 23.9. The quantitative estimate of drug-likeness (QED) is 0.540. The Hall–Kier alpha value is -3.21. The lowest BCUT2D eigenvalue weighted by Gasteiger charge is -2.28. The Morgan fingerprint density at radius 2 is 1.65 bits per heavy atom. The normalized spacial score (nSPS) is 14.3. The fourth-order valence-electron chi connectivity index (χ4n) is 3.83. The van der Waals surface area contributed by atoms with Crippen molar-refractivity contribution in [2.75, 3.05) is 22.8 Å². The Kier molecular flexibility index (Phi) is 6.48. The van der Waals surface area contributed by atoms with E-state index in [0.717, 1.165) is 17.4 Å². The van der Waals surface area contributed by atoms with Gasteiger partial charge in [-0.15, -0.1) is 0 Å². The molecule has 0 aliphatic carbocycles. The van der Waals surface area contributed by atoms with Crippen LogP contribution in [0.5, 0.6) is 0 Å². The van der Waals surface area contributed by atoms with Gasteiger partial charge in [0.15, 0.2) is 0 Å². The molecule has 2 N–H and O–H groups in total. The van der Waals surface area contributed by atoms with Gasteiger partial charge in [0.25, 0.3) is 5.91 Å². The van der Waals surface area contributed by atoms with E-state index >= 15 is 0 Å². The molecule has 0 aromatic heterocycles. The van der Waals surface area contributed by atoms with Gasteiger partial charge >= 0.3 is 0 Å². The Labute approximate surface area is 199 Å². The number of fused-ring (bicyclic) bond motifs is 1. The van der Waals surface area contributed by atoms with Crippen LogP contribution in [0.1, 0.15) is 27.0 Å². The summed E-state index contributed by atoms with van der Waals surface area (Å²) in [5, 5.41) is 2.70. The van der Waals surface area contributed by atoms with Crippen LogP contribution in [-0.2, 0) is 33.0 Å². The molecule has 1 heterocycles. The molecular formula is C24H25N3O5S2. The van der Waals surface area contributed by atoms with Gasteiger partial charge in [0, 0.05) is 24.3 Å². The second-order valence-electron chi connectivity index (χ2n) is 8.24. The van der Waals surface area contributed by atoms with E-state index in [0.29, 0.717) is 29.9 Å². The van der Waals surface area contributed by atoms with Gasteiger partial charge in [0.2, 0.25) is 20.0 Å². The fourth-order valence-corrected chi connectivity index (χ4v) is 5.92. The Morgan fingerprint density at radius 3 is 2.38 bits per heavy atom. The van der Waals surface area contributed by atoms with Crippen LogP contribution >= 0.6 is 0 Å². The third-order valence-electron chi connectivity index (χ3n) is 5.62. The molecule has 4 rings (SSSR count). The van der Waals surface area contributed by atoms with Gasteiger partial charge in [-0.1, -0.05) is 36.4 Å². The summed E-state index contributed by atoms with van der Waals surface area (Å²) in [6.07, 6.45) is 1.68. The summed E-state index contributed by atoms with van der Waals surface area (Å²) in [5.41, 5.74) is 3.72. The lowest BCUT2D eigenvalue weighted by atomic mass is 10.0. The number of carbonyl (C=O) groups is 1. The molecule has 178 valence electrons. The van der Waals surface area contributed by atoms with Crippen LogP contribution in [-0.4, -0.2) is 39.8 Å². The first-order valence-electron chi connectivity index (χ1n) is 10.6. The van der Waals surface area contributed by atoms with Gasteiger partial charge in [-0.3, -0.25) is 9.52 Å². The van der Waals surface area contributed by atoms with Crippen LogP contribution in [0.2, 0.25) is 0 Å². The Bertz CT molecular complexity index is 1470. The fraction of sp³-hybridized carbons (Fsp3) is 0.208. The van der Waals surface area contributed by atoms with Crippen molar-refractivity contribution in [3.63, 3.8) is 0 Å². The van der Waals surface area contributed by atoms with E-state index in [4.69, 9.17) is 0 Å². The van der Waals surface area contributed by atoms with Crippen molar-refractivity contribution in [3.8, 4) is 0 Å². The van der Waals surface area contributed by atoms with Crippen LogP contribution in [0.4, 0.5) is 11.4 Å². The van der Waals surface area contributed by atoms with E-state index in [2.05, 4.69) is 10.0 Å². The van der Waals surface area contributed by atoms with Crippen molar-refractivity contribution in [1.82, 2.24) is 4.31 Å². The summed E-state index contributed by atoms with van der Waals surface area (Å²) in [6, 6.07) is 18.5. The molecule has 1 aliphatic rings. The maximum atomic E-state index is 13.3. The van der Waals surface area contributed by atoms with E-state index in [9.17, 15) is 21.6 Å². The van der Waals surface area contributed by atoms with E-state index in [-0.39, 0.29) is 17.0 Å². The van der Waals surface area contributed by atoms with E-state index in [1.165, 1.54) is 34.6 Å². The average Bonchev–Trinajstić information content (AvgIpc) is 2.80. The zero-order valence-corrected chi connectivity index (χ0v) is 20.4. The molecule has 0 fully saturated rings. The number of anilines is 2. The second kappa shape index (κ2) is 9.21. The summed E-state index contributed by atoms with van der Waals surface area (Å²) in [6.45, 7) is 2.40. The van der Waals surface area contributed by atoms with Gasteiger partial charge in [-0.05, 0) is 60.4 Å². The molecule has 0 saturated carbocycles. The number of sulfonamides is 2. The first-order valence-corrected chi connectivity index (χ1v) is 13.9. The van der Waals surface area contributed by atoms with Crippen molar-refractivity contribution in [2.45, 2.75) is 24.8 Å². The number of rotatable bonds is 6. The van der Waals surface area contributed by atoms with Crippen LogP contribution in [0.25, 0.3) is 0 Å². The summed E-state index contributed by atoms with van der Waals surface area (Å²) in [7, 11) is -7.27. The largest absolute Gasteiger partial charge is 0.322 e. The molecule has 0 spiro atoms. The zero-order chi connectivity index (χ0) is 24.5. The number of nitrogens with zero attached hydrogens (tertiary/aromatic N) is 1. The number of hydrogen-bond acceptors (Lipinski definition) is 5. The van der Waals surface area contributed by atoms with Crippen molar-refractivity contribution >= 4 is 37.3 Å². The van der Waals surface area contributed by atoms with E-state index in [1.54, 1.807) is 19.1 Å². The summed E-state index contributed by atoms with van der Waals surface area (Å²) in [5.74, 6) is -0.504. The molecule has 10 heteroatoms. The maximum absolute atomic E-state index is 13.3. The van der Waals surface area contributed by atoms with Crippen LogP contribution in [0.3, 0.4) is 0 Å². The number of aryl methyl sites for hydroxylation is 1. The molecule has 34 heavy (non-hydrogen) atoms. The Balaban J connectivity index is 1.55. The minimum absolute atomic E-state index is 0.0443. The van der Waals surface area contributed by atoms with Gasteiger partial charge in [0.1, 0.15) is 0 Å². The first-order chi connectivity index (χ1) is 16.0. The average molecular weight is 500 g/mol. The molecule has 1 amide bonds. The van der Waals surface area contributed by atoms with Gasteiger partial charge < -0.3 is 5.32 Å². The molecule has 0 saturated heterocycles. The molecule has 0 bridgehead atoms. The number of benzene rings is 3. The van der Waals surface area contributed by atoms with Crippen molar-refractivity contribution in [1.29, 1.82) is 0 Å². The monoisotopic (exact) mass is 499 g/mol. The highest BCUT2D eigenvalue weighted by molar-refractivity contribution is 7.92. The second-order valence-corrected chi connectivity index (χ2v) is 11.9. The topological polar surface area (TPSA) is 113 Å². The molecule has 3 aromatic rings. The summed E-state index contributed by atoms with van der Waals surface area (Å²) in [4.78, 5) is 12.9. The molecule has 0 atom stereocenters. The molecule has 0 radical (unpaired) electrons. The van der Waals surface area contributed by atoms with E-state index in [1.807, 2.05) is 24.3 Å². The van der Waals surface area contributed by atoms with Crippen LogP contribution in [0.15, 0.2) is 71.6 Å². The zero-order valence-electron chi connectivity index (χ0n) is 18.8. The number of hydrogen-bond donors (Lipinski definition) is 2. The van der Waals surface area contributed by atoms with Crippen molar-refractivity contribution < 1.29 is 21.6 Å². The number of nitrogens with one attached hydrogen (secondary N) is 2. The van der Waals surface area contributed by atoms with Crippen molar-refractivity contribution in [2.24, 2.45) is 0 Å². The minimum atomic E-state index is -3.79. The minimum Gasteiger partial charge on any atom is -0.322 e. The number of carbonyl (C=O) groups excluding carboxylic acids is 1. The van der Waals surface area contributed by atoms with Gasteiger partial charge in [0.05, 0.1) is 16.8 Å². The van der Waals surface area contributed by atoms with Gasteiger partial charge in [-0.2, -0.15) is 4.31 Å². The predicted octanol–water partition coefficient (Wildman–Crippen LogP) is 3.37. The van der Waals surface area contributed by atoms with Crippen LogP contribution < -0.4 is 10.0 Å². The molecular weight excluding hydrogens is 474 g/mol. The highest BCUT2D eigenvalue weighted by Gasteiger charge is 2.28. The highest BCUT2D eigenvalue weighted by Crippen LogP contribution is 2.26. The van der Waals surface area contributed by atoms with E-state index < -0.39 is 26.0 Å². The SMILES string of the molecule is Cc1ccc(NC(=O)c2cccc(S(=O)(=O)N3CCc4ccccc4C3)c2)cc1NS(C)(=O)=O. The predicted molar refractivity (Wildman–Crippen MR) is 132 cm³/mol. The maximum Gasteiger partial charge on any atom is 0.255 e. The summed E-state index contributed by atoms with van der Waals surface area (Å²) < 4.78 is 53.5. The van der Waals surface area contributed by atoms with Gasteiger partial charge in [-0.25, -0.2) is 16.8 Å². The molecule has 8 nitrogen and oxygen atoms in total. The third kappa shape index (κ3) is 5.30. The van der Waals surface area contributed by atoms with Crippen LogP contribution in [0, 0.1) is 6.92 Å². The van der Waals surface area contributed by atoms with Crippen molar-refractivity contribution in [3.05, 3.63) is 89.0 Å². The smallest absolute Gasteiger partial charge is 0.255 e. The lowest BCUT2D eigenvalue weighted by molar-refractivity contribution is 0.102. The summed E-state index contributed by atoms with van der Waals surface area (Å²) >= 11 is 0. The highest BCUT2D eigenvalue weighted by atomic mass is 32.2. The molecule has 0 unspecified atom stereocenters. The standard InChI is InChI=1S/C24H25N3O5S2/c1-17-10-11-21(15-23(17)26-33(2,29)30)25-24(28)19-8-5-9-22(14-19)34(31,32)27-13-12-18-6-3-4-7-20(18)16-27/h3-11,14-15,26H,12-13,16H2,1-2H3,(H,25,28). The lowest BCUT2D eigenvalue weighted by Crippen LogP contribution is -2.36.